The van der Waals surface area contributed by atoms with Crippen molar-refractivity contribution in [2.45, 2.75) is 13.0 Å². The fraction of sp³-hybridized carbons (Fsp3) is 0.350. The molecule has 1 N–H and O–H groups in total. The van der Waals surface area contributed by atoms with Gasteiger partial charge in [0.15, 0.2) is 0 Å². The molecule has 0 spiro atoms. The highest BCUT2D eigenvalue weighted by molar-refractivity contribution is 6.31. The van der Waals surface area contributed by atoms with Crippen molar-refractivity contribution in [1.82, 2.24) is 9.80 Å². The van der Waals surface area contributed by atoms with Gasteiger partial charge < -0.3 is 10.2 Å². The van der Waals surface area contributed by atoms with Crippen LogP contribution in [0.3, 0.4) is 0 Å². The van der Waals surface area contributed by atoms with Crippen LogP contribution in [0.25, 0.3) is 0 Å². The number of piperazine rings is 1. The third-order valence-electron chi connectivity index (χ3n) is 4.71. The van der Waals surface area contributed by atoms with E-state index in [1.54, 1.807) is 6.07 Å². The van der Waals surface area contributed by atoms with Crippen molar-refractivity contribution in [3.63, 3.8) is 0 Å². The van der Waals surface area contributed by atoms with Crippen LogP contribution in [0.4, 0.5) is 5.69 Å². The number of nitrogens with zero attached hydrogens (tertiary/aromatic N) is 2. The van der Waals surface area contributed by atoms with Gasteiger partial charge in [-0.3, -0.25) is 9.69 Å². The molecule has 0 bridgehead atoms. The molecule has 5 heteroatoms. The zero-order chi connectivity index (χ0) is 17.8. The predicted octanol–water partition coefficient (Wildman–Crippen LogP) is 3.58. The molecule has 1 unspecified atom stereocenters. The number of anilines is 1. The minimum atomic E-state index is -0.296. The third kappa shape index (κ3) is 4.40. The van der Waals surface area contributed by atoms with Crippen molar-refractivity contribution < 1.29 is 4.79 Å². The Hall–Kier alpha value is -1.88. The number of halogens is 1. The van der Waals surface area contributed by atoms with Crippen LogP contribution in [0.2, 0.25) is 5.02 Å². The maximum Gasteiger partial charge on any atom is 0.246 e. The van der Waals surface area contributed by atoms with Gasteiger partial charge >= 0.3 is 0 Å². The van der Waals surface area contributed by atoms with Gasteiger partial charge in [0, 0.05) is 36.9 Å². The summed E-state index contributed by atoms with van der Waals surface area (Å²) < 4.78 is 0. The van der Waals surface area contributed by atoms with Crippen molar-refractivity contribution >= 4 is 23.2 Å². The minimum absolute atomic E-state index is 0.0179. The summed E-state index contributed by atoms with van der Waals surface area (Å²) in [5, 5.41) is 3.70. The van der Waals surface area contributed by atoms with Crippen LogP contribution in [0.5, 0.6) is 0 Å². The number of rotatable bonds is 4. The SMILES string of the molecule is Cc1ccc(NC(=O)C(c2ccccc2)N2CCN(C)CC2)cc1Cl. The number of hydrogen-bond donors (Lipinski definition) is 1. The molecule has 1 aliphatic rings. The smallest absolute Gasteiger partial charge is 0.246 e. The number of amides is 1. The van der Waals surface area contributed by atoms with E-state index in [1.165, 1.54) is 0 Å². The van der Waals surface area contributed by atoms with Gasteiger partial charge in [-0.15, -0.1) is 0 Å². The summed E-state index contributed by atoms with van der Waals surface area (Å²) >= 11 is 6.19. The van der Waals surface area contributed by atoms with Crippen LogP contribution in [0.1, 0.15) is 17.2 Å². The highest BCUT2D eigenvalue weighted by Gasteiger charge is 2.29. The second-order valence-corrected chi connectivity index (χ2v) is 7.01. The molecule has 1 saturated heterocycles. The first-order valence-electron chi connectivity index (χ1n) is 8.59. The van der Waals surface area contributed by atoms with Gasteiger partial charge in [0.05, 0.1) is 0 Å². The first-order valence-corrected chi connectivity index (χ1v) is 8.97. The lowest BCUT2D eigenvalue weighted by atomic mass is 10.0. The number of carbonyl (C=O) groups excluding carboxylic acids is 1. The molecule has 0 saturated carbocycles. The van der Waals surface area contributed by atoms with Gasteiger partial charge in [0.1, 0.15) is 6.04 Å². The third-order valence-corrected chi connectivity index (χ3v) is 5.11. The van der Waals surface area contributed by atoms with Gasteiger partial charge in [0.25, 0.3) is 0 Å². The van der Waals surface area contributed by atoms with Crippen LogP contribution in [0.15, 0.2) is 48.5 Å². The molecule has 4 nitrogen and oxygen atoms in total. The summed E-state index contributed by atoms with van der Waals surface area (Å²) in [6.45, 7) is 5.63. The number of hydrogen-bond acceptors (Lipinski definition) is 3. The number of nitrogens with one attached hydrogen (secondary N) is 1. The Labute approximate surface area is 154 Å². The molecule has 0 aliphatic carbocycles. The predicted molar refractivity (Wildman–Crippen MR) is 103 cm³/mol. The highest BCUT2D eigenvalue weighted by Crippen LogP contribution is 2.25. The van der Waals surface area contributed by atoms with E-state index in [9.17, 15) is 4.79 Å². The number of likely N-dealkylation sites (N-methyl/N-ethyl adjacent to an activating group) is 1. The van der Waals surface area contributed by atoms with E-state index in [-0.39, 0.29) is 11.9 Å². The Morgan fingerprint density at radius 1 is 1.08 bits per heavy atom. The van der Waals surface area contributed by atoms with Crippen LogP contribution in [-0.4, -0.2) is 48.9 Å². The lowest BCUT2D eigenvalue weighted by Gasteiger charge is -2.37. The molecule has 1 amide bonds. The minimum Gasteiger partial charge on any atom is -0.324 e. The Morgan fingerprint density at radius 3 is 2.40 bits per heavy atom. The quantitative estimate of drug-likeness (QED) is 0.908. The van der Waals surface area contributed by atoms with E-state index >= 15 is 0 Å². The van der Waals surface area contributed by atoms with E-state index < -0.39 is 0 Å². The normalized spacial score (nSPS) is 17.2. The zero-order valence-corrected chi connectivity index (χ0v) is 15.5. The summed E-state index contributed by atoms with van der Waals surface area (Å²) in [6, 6.07) is 15.3. The largest absolute Gasteiger partial charge is 0.324 e. The van der Waals surface area contributed by atoms with E-state index in [4.69, 9.17) is 11.6 Å². The Bertz CT molecular complexity index is 727. The first kappa shape index (κ1) is 17.9. The van der Waals surface area contributed by atoms with Crippen LogP contribution in [-0.2, 0) is 4.79 Å². The average Bonchev–Trinajstić information content (AvgIpc) is 2.61. The van der Waals surface area contributed by atoms with Crippen molar-refractivity contribution in [1.29, 1.82) is 0 Å². The molecule has 25 heavy (non-hydrogen) atoms. The fourth-order valence-corrected chi connectivity index (χ4v) is 3.31. The molecule has 2 aromatic carbocycles. The molecule has 1 heterocycles. The van der Waals surface area contributed by atoms with Gasteiger partial charge in [0.2, 0.25) is 5.91 Å². The van der Waals surface area contributed by atoms with Crippen molar-refractivity contribution in [3.8, 4) is 0 Å². The second kappa shape index (κ2) is 8.00. The molecular weight excluding hydrogens is 334 g/mol. The monoisotopic (exact) mass is 357 g/mol. The summed E-state index contributed by atoms with van der Waals surface area (Å²) in [6.07, 6.45) is 0. The summed E-state index contributed by atoms with van der Waals surface area (Å²) in [5.41, 5.74) is 2.75. The number of benzene rings is 2. The van der Waals surface area contributed by atoms with Gasteiger partial charge in [-0.1, -0.05) is 48.0 Å². The topological polar surface area (TPSA) is 35.6 Å². The molecule has 0 aromatic heterocycles. The second-order valence-electron chi connectivity index (χ2n) is 6.61. The summed E-state index contributed by atoms with van der Waals surface area (Å²) in [4.78, 5) is 17.6. The van der Waals surface area contributed by atoms with Gasteiger partial charge in [-0.25, -0.2) is 0 Å². The molecule has 1 fully saturated rings. The van der Waals surface area contributed by atoms with E-state index in [2.05, 4.69) is 22.2 Å². The number of carbonyl (C=O) groups is 1. The van der Waals surface area contributed by atoms with Crippen LogP contribution < -0.4 is 5.32 Å². The maximum atomic E-state index is 13.1. The zero-order valence-electron chi connectivity index (χ0n) is 14.7. The average molecular weight is 358 g/mol. The molecule has 1 aliphatic heterocycles. The Kier molecular flexibility index (Phi) is 5.74. The Balaban J connectivity index is 1.83. The van der Waals surface area contributed by atoms with Crippen LogP contribution in [0, 0.1) is 6.92 Å². The van der Waals surface area contributed by atoms with Crippen molar-refractivity contribution in [2.75, 3.05) is 38.5 Å². The molecule has 3 rings (SSSR count). The van der Waals surface area contributed by atoms with Crippen LogP contribution >= 0.6 is 11.6 Å². The fourth-order valence-electron chi connectivity index (χ4n) is 3.12. The van der Waals surface area contributed by atoms with Gasteiger partial charge in [-0.05, 0) is 37.2 Å². The summed E-state index contributed by atoms with van der Waals surface area (Å²) in [7, 11) is 2.11. The Morgan fingerprint density at radius 2 is 1.76 bits per heavy atom. The molecule has 0 radical (unpaired) electrons. The van der Waals surface area contributed by atoms with Crippen molar-refractivity contribution in [3.05, 3.63) is 64.7 Å². The molecule has 2 aromatic rings. The van der Waals surface area contributed by atoms with Gasteiger partial charge in [-0.2, -0.15) is 0 Å². The lowest BCUT2D eigenvalue weighted by molar-refractivity contribution is -0.122. The van der Waals surface area contributed by atoms with E-state index in [1.807, 2.05) is 49.4 Å². The standard InChI is InChI=1S/C20H24ClN3O/c1-15-8-9-17(14-18(15)21)22-20(25)19(16-6-4-3-5-7-16)24-12-10-23(2)11-13-24/h3-9,14,19H,10-13H2,1-2H3,(H,22,25). The maximum absolute atomic E-state index is 13.1. The molecule has 1 atom stereocenters. The summed E-state index contributed by atoms with van der Waals surface area (Å²) in [5.74, 6) is -0.0179. The van der Waals surface area contributed by atoms with Crippen molar-refractivity contribution in [2.24, 2.45) is 0 Å². The molecular formula is C20H24ClN3O. The molecule has 132 valence electrons. The number of aryl methyl sites for hydroxylation is 1. The first-order chi connectivity index (χ1) is 12.0. The lowest BCUT2D eigenvalue weighted by Crippen LogP contribution is -2.48. The van der Waals surface area contributed by atoms with E-state index in [0.717, 1.165) is 43.0 Å². The van der Waals surface area contributed by atoms with E-state index in [0.29, 0.717) is 5.02 Å². The highest BCUT2D eigenvalue weighted by atomic mass is 35.5.